The van der Waals surface area contributed by atoms with Crippen LogP contribution in [0, 0.1) is 11.8 Å². The van der Waals surface area contributed by atoms with E-state index < -0.39 is 0 Å². The highest BCUT2D eigenvalue weighted by Gasteiger charge is 2.48. The van der Waals surface area contributed by atoms with Gasteiger partial charge in [0.2, 0.25) is 0 Å². The Morgan fingerprint density at radius 3 is 2.74 bits per heavy atom. The number of nitrogens with zero attached hydrogens (tertiary/aromatic N) is 3. The Morgan fingerprint density at radius 2 is 2.13 bits per heavy atom. The van der Waals surface area contributed by atoms with Gasteiger partial charge in [0, 0.05) is 17.4 Å². The van der Waals surface area contributed by atoms with E-state index in [-0.39, 0.29) is 24.2 Å². The molecule has 6 heteroatoms. The standard InChI is InChI=1S/C17H26N4O2/c1-13(2)10-15-16(12-19-21-18)23-20-17(15,8-9-22)11-14-6-4-3-5-7-14/h3-7,13,15-16,20,22H,8-12H2,1-2H3/t15?,16-,17+/m0/s1. The molecule has 2 N–H and O–H groups in total. The van der Waals surface area contributed by atoms with Crippen LogP contribution in [0.5, 0.6) is 0 Å². The molecule has 1 saturated heterocycles. The third kappa shape index (κ3) is 4.45. The molecule has 23 heavy (non-hydrogen) atoms. The first-order valence-corrected chi connectivity index (χ1v) is 8.20. The number of azide groups is 1. The van der Waals surface area contributed by atoms with Crippen molar-refractivity contribution in [3.8, 4) is 0 Å². The summed E-state index contributed by atoms with van der Waals surface area (Å²) in [7, 11) is 0. The molecule has 1 fully saturated rings. The molecular weight excluding hydrogens is 292 g/mol. The van der Waals surface area contributed by atoms with Crippen LogP contribution in [-0.4, -0.2) is 29.9 Å². The number of hydroxylamine groups is 1. The highest BCUT2D eigenvalue weighted by Crippen LogP contribution is 2.39. The summed E-state index contributed by atoms with van der Waals surface area (Å²) in [5.74, 6) is 0.672. The average molecular weight is 318 g/mol. The second kappa shape index (κ2) is 8.31. The normalized spacial score (nSPS) is 27.1. The third-order valence-corrected chi connectivity index (χ3v) is 4.54. The lowest BCUT2D eigenvalue weighted by Crippen LogP contribution is -2.49. The maximum atomic E-state index is 9.61. The summed E-state index contributed by atoms with van der Waals surface area (Å²) in [4.78, 5) is 8.64. The zero-order chi connectivity index (χ0) is 16.7. The van der Waals surface area contributed by atoms with Crippen molar-refractivity contribution in [2.45, 2.75) is 44.8 Å². The van der Waals surface area contributed by atoms with Gasteiger partial charge in [0.05, 0.1) is 18.2 Å². The van der Waals surface area contributed by atoms with Crippen LogP contribution in [-0.2, 0) is 11.3 Å². The Bertz CT molecular complexity index is 531. The molecule has 0 spiro atoms. The van der Waals surface area contributed by atoms with E-state index in [0.29, 0.717) is 18.9 Å². The van der Waals surface area contributed by atoms with Gasteiger partial charge in [-0.3, -0.25) is 4.84 Å². The lowest BCUT2D eigenvalue weighted by atomic mass is 9.72. The lowest BCUT2D eigenvalue weighted by Gasteiger charge is -2.35. The number of hydrogen-bond acceptors (Lipinski definition) is 4. The molecular formula is C17H26N4O2. The van der Waals surface area contributed by atoms with E-state index in [4.69, 9.17) is 10.4 Å². The number of benzene rings is 1. The molecule has 0 aromatic heterocycles. The first-order valence-electron chi connectivity index (χ1n) is 8.20. The van der Waals surface area contributed by atoms with Crippen LogP contribution >= 0.6 is 0 Å². The SMILES string of the molecule is CC(C)CC1[C@H](CN=[N+]=[N-])ON[C@]1(CCO)Cc1ccccc1. The Hall–Kier alpha value is -1.59. The van der Waals surface area contributed by atoms with E-state index in [2.05, 4.69) is 41.5 Å². The molecule has 6 nitrogen and oxygen atoms in total. The fourth-order valence-corrected chi connectivity index (χ4v) is 3.53. The zero-order valence-electron chi connectivity index (χ0n) is 13.9. The first-order chi connectivity index (χ1) is 11.1. The molecule has 0 bridgehead atoms. The smallest absolute Gasteiger partial charge is 0.0893 e. The van der Waals surface area contributed by atoms with Crippen LogP contribution in [0.2, 0.25) is 0 Å². The van der Waals surface area contributed by atoms with Crippen molar-refractivity contribution in [1.29, 1.82) is 0 Å². The highest BCUT2D eigenvalue weighted by atomic mass is 16.7. The summed E-state index contributed by atoms with van der Waals surface area (Å²) >= 11 is 0. The molecule has 0 radical (unpaired) electrons. The van der Waals surface area contributed by atoms with Gasteiger partial charge < -0.3 is 5.11 Å². The molecule has 126 valence electrons. The minimum atomic E-state index is -0.337. The number of aliphatic hydroxyl groups excluding tert-OH is 1. The van der Waals surface area contributed by atoms with E-state index in [9.17, 15) is 5.11 Å². The van der Waals surface area contributed by atoms with Gasteiger partial charge in [-0.25, -0.2) is 0 Å². The van der Waals surface area contributed by atoms with Crippen LogP contribution < -0.4 is 5.48 Å². The van der Waals surface area contributed by atoms with E-state index in [1.165, 1.54) is 5.56 Å². The predicted molar refractivity (Wildman–Crippen MR) is 89.5 cm³/mol. The summed E-state index contributed by atoms with van der Waals surface area (Å²) in [6, 6.07) is 10.2. The number of rotatable bonds is 8. The van der Waals surface area contributed by atoms with Crippen LogP contribution in [0.25, 0.3) is 10.4 Å². The van der Waals surface area contributed by atoms with Gasteiger partial charge in [0.25, 0.3) is 0 Å². The molecule has 1 aliphatic rings. The quantitative estimate of drug-likeness (QED) is 0.438. The Morgan fingerprint density at radius 1 is 1.39 bits per heavy atom. The first kappa shape index (κ1) is 17.8. The van der Waals surface area contributed by atoms with Gasteiger partial charge >= 0.3 is 0 Å². The zero-order valence-corrected chi connectivity index (χ0v) is 13.9. The largest absolute Gasteiger partial charge is 0.396 e. The van der Waals surface area contributed by atoms with Gasteiger partial charge in [-0.15, -0.1) is 0 Å². The minimum absolute atomic E-state index is 0.0893. The fourth-order valence-electron chi connectivity index (χ4n) is 3.53. The third-order valence-electron chi connectivity index (χ3n) is 4.54. The predicted octanol–water partition coefficient (Wildman–Crippen LogP) is 3.23. The topological polar surface area (TPSA) is 90.3 Å². The van der Waals surface area contributed by atoms with Gasteiger partial charge in [0.15, 0.2) is 0 Å². The van der Waals surface area contributed by atoms with Crippen LogP contribution in [0.1, 0.15) is 32.3 Å². The Balaban J connectivity index is 2.27. The molecule has 1 aliphatic heterocycles. The van der Waals surface area contributed by atoms with E-state index >= 15 is 0 Å². The molecule has 1 heterocycles. The van der Waals surface area contributed by atoms with E-state index in [0.717, 1.165) is 12.8 Å². The molecule has 1 unspecified atom stereocenters. The van der Waals surface area contributed by atoms with Gasteiger partial charge in [-0.2, -0.15) is 5.48 Å². The molecule has 1 aromatic carbocycles. The van der Waals surface area contributed by atoms with Crippen molar-refractivity contribution in [3.63, 3.8) is 0 Å². The highest BCUT2D eigenvalue weighted by molar-refractivity contribution is 5.19. The molecule has 2 rings (SSSR count). The summed E-state index contributed by atoms with van der Waals surface area (Å²) in [5, 5.41) is 13.3. The molecule has 1 aromatic rings. The average Bonchev–Trinajstić information content (AvgIpc) is 2.84. The van der Waals surface area contributed by atoms with Crippen molar-refractivity contribution in [1.82, 2.24) is 5.48 Å². The maximum Gasteiger partial charge on any atom is 0.0893 e. The number of hydrogen-bond donors (Lipinski definition) is 2. The van der Waals surface area contributed by atoms with Crippen molar-refractivity contribution in [2.24, 2.45) is 17.0 Å². The Kier molecular flexibility index (Phi) is 6.42. The maximum absolute atomic E-state index is 9.61. The van der Waals surface area contributed by atoms with Crippen molar-refractivity contribution in [3.05, 3.63) is 46.3 Å². The lowest BCUT2D eigenvalue weighted by molar-refractivity contribution is 0.00913. The van der Waals surface area contributed by atoms with E-state index in [1.54, 1.807) is 0 Å². The molecule has 0 amide bonds. The van der Waals surface area contributed by atoms with Crippen LogP contribution in [0.3, 0.4) is 0 Å². The molecule has 0 saturated carbocycles. The van der Waals surface area contributed by atoms with Crippen molar-refractivity contribution < 1.29 is 9.94 Å². The van der Waals surface area contributed by atoms with Gasteiger partial charge in [-0.05, 0) is 36.3 Å². The molecule has 0 aliphatic carbocycles. The van der Waals surface area contributed by atoms with Crippen LogP contribution in [0.15, 0.2) is 35.4 Å². The number of nitrogens with one attached hydrogen (secondary N) is 1. The second-order valence-corrected chi connectivity index (χ2v) is 6.70. The van der Waals surface area contributed by atoms with Crippen molar-refractivity contribution in [2.75, 3.05) is 13.2 Å². The summed E-state index contributed by atoms with van der Waals surface area (Å²) in [5.41, 5.74) is 12.7. The number of aliphatic hydroxyl groups is 1. The Labute approximate surface area is 137 Å². The summed E-state index contributed by atoms with van der Waals surface area (Å²) in [6.45, 7) is 4.75. The minimum Gasteiger partial charge on any atom is -0.396 e. The molecule has 3 atom stereocenters. The van der Waals surface area contributed by atoms with E-state index in [1.807, 2.05) is 18.2 Å². The fraction of sp³-hybridized carbons (Fsp3) is 0.647. The summed E-state index contributed by atoms with van der Waals surface area (Å²) in [6.07, 6.45) is 2.17. The van der Waals surface area contributed by atoms with Crippen LogP contribution in [0.4, 0.5) is 0 Å². The van der Waals surface area contributed by atoms with Gasteiger partial charge in [-0.1, -0.05) is 49.3 Å². The van der Waals surface area contributed by atoms with Gasteiger partial charge in [0.1, 0.15) is 0 Å². The monoisotopic (exact) mass is 318 g/mol. The summed E-state index contributed by atoms with van der Waals surface area (Å²) < 4.78 is 0. The van der Waals surface area contributed by atoms with Crippen molar-refractivity contribution >= 4 is 0 Å². The second-order valence-electron chi connectivity index (χ2n) is 6.70.